The zero-order chi connectivity index (χ0) is 28.4. The Bertz CT molecular complexity index is 1160. The molecule has 0 heterocycles. The molecule has 2 aromatic rings. The average Bonchev–Trinajstić information content (AvgIpc) is 2.91. The fraction of sp³-hybridized carbons (Fsp3) is 0.448. The number of hydrogen-bond donors (Lipinski definition) is 4. The van der Waals surface area contributed by atoms with E-state index in [4.69, 9.17) is 20.3 Å². The van der Waals surface area contributed by atoms with Gasteiger partial charge in [0.05, 0.1) is 18.2 Å². The summed E-state index contributed by atoms with van der Waals surface area (Å²) >= 11 is 0. The van der Waals surface area contributed by atoms with Crippen LogP contribution in [0.25, 0.3) is 0 Å². The number of hydrogen-bond acceptors (Lipinski definition) is 6. The molecular formula is C29H37N3O7. The van der Waals surface area contributed by atoms with Crippen LogP contribution in [0, 0.1) is 5.92 Å². The first kappa shape index (κ1) is 29.5. The van der Waals surface area contributed by atoms with E-state index in [0.717, 1.165) is 18.4 Å². The van der Waals surface area contributed by atoms with E-state index in [9.17, 15) is 19.2 Å². The Morgan fingerprint density at radius 3 is 2.31 bits per heavy atom. The highest BCUT2D eigenvalue weighted by Gasteiger charge is 2.23. The van der Waals surface area contributed by atoms with Crippen molar-refractivity contribution in [1.82, 2.24) is 10.6 Å². The molecule has 1 fully saturated rings. The van der Waals surface area contributed by atoms with Crippen molar-refractivity contribution in [1.29, 1.82) is 0 Å². The second-order valence-electron chi connectivity index (χ2n) is 9.95. The molecular weight excluding hydrogens is 502 g/mol. The molecule has 2 aromatic carbocycles. The second-order valence-corrected chi connectivity index (χ2v) is 9.95. The molecule has 39 heavy (non-hydrogen) atoms. The quantitative estimate of drug-likeness (QED) is 0.305. The number of ether oxygens (including phenoxy) is 2. The highest BCUT2D eigenvalue weighted by atomic mass is 16.5. The van der Waals surface area contributed by atoms with E-state index in [2.05, 4.69) is 10.6 Å². The van der Waals surface area contributed by atoms with Crippen LogP contribution in [0.5, 0.6) is 11.5 Å². The van der Waals surface area contributed by atoms with Crippen LogP contribution in [0.4, 0.5) is 0 Å². The van der Waals surface area contributed by atoms with Crippen molar-refractivity contribution < 1.29 is 33.8 Å². The number of carbonyl (C=O) groups excluding carboxylic acids is 3. The van der Waals surface area contributed by atoms with Crippen LogP contribution in [0.3, 0.4) is 0 Å². The van der Waals surface area contributed by atoms with Crippen LogP contribution >= 0.6 is 0 Å². The minimum atomic E-state index is -1.08. The SMILES string of the molecule is CC(=O)NC(Cc1ccc(OCC(=O)O)cc1)C(=O)N[C@@H](C)c1ccc(OCC2CCCCC2)c(C(N)=O)c1. The lowest BCUT2D eigenvalue weighted by Crippen LogP contribution is -2.48. The molecule has 1 aliphatic rings. The van der Waals surface area contributed by atoms with Crippen molar-refractivity contribution in [3.8, 4) is 11.5 Å². The smallest absolute Gasteiger partial charge is 0.341 e. The van der Waals surface area contributed by atoms with Gasteiger partial charge < -0.3 is 30.9 Å². The van der Waals surface area contributed by atoms with E-state index >= 15 is 0 Å². The molecule has 1 unspecified atom stereocenters. The van der Waals surface area contributed by atoms with Crippen LogP contribution < -0.4 is 25.8 Å². The van der Waals surface area contributed by atoms with E-state index in [1.54, 1.807) is 49.4 Å². The maximum absolute atomic E-state index is 13.1. The third-order valence-electron chi connectivity index (χ3n) is 6.75. The van der Waals surface area contributed by atoms with Gasteiger partial charge in [-0.2, -0.15) is 0 Å². The monoisotopic (exact) mass is 539 g/mol. The number of nitrogens with one attached hydrogen (secondary N) is 2. The second kappa shape index (κ2) is 14.2. The number of amides is 3. The standard InChI is InChI=1S/C29H37N3O7/c1-18(22-10-13-26(24(15-22)28(30)36)39-16-21-6-4-3-5-7-21)31-29(37)25(32-19(2)33)14-20-8-11-23(12-9-20)38-17-27(34)35/h8-13,15,18,21,25H,3-7,14,16-17H2,1-2H3,(H2,30,36)(H,31,37)(H,32,33)(H,34,35)/t18-,25?/m0/s1. The molecule has 0 bridgehead atoms. The molecule has 0 spiro atoms. The minimum Gasteiger partial charge on any atom is -0.492 e. The molecule has 0 aromatic heterocycles. The zero-order valence-corrected chi connectivity index (χ0v) is 22.4. The Morgan fingerprint density at radius 2 is 1.69 bits per heavy atom. The molecule has 210 valence electrons. The molecule has 1 saturated carbocycles. The summed E-state index contributed by atoms with van der Waals surface area (Å²) in [6.07, 6.45) is 6.08. The van der Waals surface area contributed by atoms with E-state index < -0.39 is 36.5 Å². The number of nitrogens with two attached hydrogens (primary N) is 1. The molecule has 2 atom stereocenters. The number of aliphatic carboxylic acids is 1. The molecule has 0 aliphatic heterocycles. The van der Waals surface area contributed by atoms with Crippen LogP contribution in [0.1, 0.15) is 73.5 Å². The molecule has 0 saturated heterocycles. The Kier molecular flexibility index (Phi) is 10.7. The Labute approximate surface area is 228 Å². The van der Waals surface area contributed by atoms with Gasteiger partial charge in [0.15, 0.2) is 6.61 Å². The van der Waals surface area contributed by atoms with Gasteiger partial charge in [-0.05, 0) is 61.1 Å². The number of rotatable bonds is 13. The van der Waals surface area contributed by atoms with Gasteiger partial charge in [-0.15, -0.1) is 0 Å². The van der Waals surface area contributed by atoms with Gasteiger partial charge in [0.1, 0.15) is 17.5 Å². The first-order valence-electron chi connectivity index (χ1n) is 13.2. The highest BCUT2D eigenvalue weighted by Crippen LogP contribution is 2.28. The molecule has 10 heteroatoms. The summed E-state index contributed by atoms with van der Waals surface area (Å²) in [5.74, 6) is -1.17. The van der Waals surface area contributed by atoms with Crippen molar-refractivity contribution >= 4 is 23.7 Å². The van der Waals surface area contributed by atoms with Crippen molar-refractivity contribution in [2.45, 2.75) is 64.5 Å². The number of benzene rings is 2. The molecule has 1 aliphatic carbocycles. The molecule has 3 rings (SSSR count). The van der Waals surface area contributed by atoms with Gasteiger partial charge in [-0.1, -0.05) is 37.5 Å². The minimum absolute atomic E-state index is 0.206. The van der Waals surface area contributed by atoms with Gasteiger partial charge in [-0.25, -0.2) is 4.79 Å². The van der Waals surface area contributed by atoms with Gasteiger partial charge in [0, 0.05) is 13.3 Å². The molecule has 3 amide bonds. The van der Waals surface area contributed by atoms with Crippen LogP contribution in [0.2, 0.25) is 0 Å². The predicted molar refractivity (Wildman–Crippen MR) is 144 cm³/mol. The lowest BCUT2D eigenvalue weighted by molar-refractivity contribution is -0.139. The summed E-state index contributed by atoms with van der Waals surface area (Å²) in [7, 11) is 0. The van der Waals surface area contributed by atoms with Gasteiger partial charge in [0.2, 0.25) is 11.8 Å². The summed E-state index contributed by atoms with van der Waals surface area (Å²) in [6, 6.07) is 10.4. The van der Waals surface area contributed by atoms with Gasteiger partial charge in [-0.3, -0.25) is 14.4 Å². The van der Waals surface area contributed by atoms with Gasteiger partial charge >= 0.3 is 5.97 Å². The fourth-order valence-corrected chi connectivity index (χ4v) is 4.65. The van der Waals surface area contributed by atoms with Crippen LogP contribution in [-0.2, 0) is 20.8 Å². The van der Waals surface area contributed by atoms with Crippen molar-refractivity contribution in [3.05, 3.63) is 59.2 Å². The van der Waals surface area contributed by atoms with E-state index in [1.165, 1.54) is 26.2 Å². The third kappa shape index (κ3) is 9.31. The molecule has 5 N–H and O–H groups in total. The largest absolute Gasteiger partial charge is 0.492 e. The number of primary amides is 1. The first-order chi connectivity index (χ1) is 18.6. The van der Waals surface area contributed by atoms with Crippen molar-refractivity contribution in [2.24, 2.45) is 11.7 Å². The summed E-state index contributed by atoms with van der Waals surface area (Å²) in [6.45, 7) is 3.19. The van der Waals surface area contributed by atoms with Crippen molar-refractivity contribution in [2.75, 3.05) is 13.2 Å². The maximum Gasteiger partial charge on any atom is 0.341 e. The Morgan fingerprint density at radius 1 is 1.00 bits per heavy atom. The van der Waals surface area contributed by atoms with Crippen LogP contribution in [0.15, 0.2) is 42.5 Å². The van der Waals surface area contributed by atoms with E-state index in [0.29, 0.717) is 29.6 Å². The number of carboxylic acid groups (broad SMARTS) is 1. The fourth-order valence-electron chi connectivity index (χ4n) is 4.65. The summed E-state index contributed by atoms with van der Waals surface area (Å²) in [5, 5.41) is 14.3. The molecule has 10 nitrogen and oxygen atoms in total. The topological polar surface area (TPSA) is 157 Å². The van der Waals surface area contributed by atoms with Crippen LogP contribution in [-0.4, -0.2) is 48.1 Å². The third-order valence-corrected chi connectivity index (χ3v) is 6.75. The Balaban J connectivity index is 1.66. The lowest BCUT2D eigenvalue weighted by Gasteiger charge is -2.23. The maximum atomic E-state index is 13.1. The van der Waals surface area contributed by atoms with E-state index in [-0.39, 0.29) is 17.9 Å². The Hall–Kier alpha value is -4.08. The predicted octanol–water partition coefficient (Wildman–Crippen LogP) is 3.13. The first-order valence-corrected chi connectivity index (χ1v) is 13.2. The lowest BCUT2D eigenvalue weighted by atomic mass is 9.90. The normalized spacial score (nSPS) is 15.0. The number of carbonyl (C=O) groups is 4. The zero-order valence-electron chi connectivity index (χ0n) is 22.4. The summed E-state index contributed by atoms with van der Waals surface area (Å²) in [5.41, 5.74) is 7.31. The average molecular weight is 540 g/mol. The van der Waals surface area contributed by atoms with E-state index in [1.807, 2.05) is 0 Å². The summed E-state index contributed by atoms with van der Waals surface area (Å²) < 4.78 is 11.1. The van der Waals surface area contributed by atoms with Crippen molar-refractivity contribution in [3.63, 3.8) is 0 Å². The summed E-state index contributed by atoms with van der Waals surface area (Å²) in [4.78, 5) is 47.8. The highest BCUT2D eigenvalue weighted by molar-refractivity contribution is 5.96. The molecule has 0 radical (unpaired) electrons. The number of carboxylic acids is 1. The van der Waals surface area contributed by atoms with Gasteiger partial charge in [0.25, 0.3) is 5.91 Å².